The molecule has 0 saturated carbocycles. The summed E-state index contributed by atoms with van der Waals surface area (Å²) in [6.07, 6.45) is -0.354. The molecular formula is C15H17N3O2S. The van der Waals surface area contributed by atoms with Gasteiger partial charge in [0.1, 0.15) is 5.60 Å². The molecule has 6 heteroatoms. The molecule has 0 saturated heterocycles. The Morgan fingerprint density at radius 2 is 2.10 bits per heavy atom. The van der Waals surface area contributed by atoms with Gasteiger partial charge >= 0.3 is 6.09 Å². The van der Waals surface area contributed by atoms with E-state index in [2.05, 4.69) is 4.98 Å². The summed E-state index contributed by atoms with van der Waals surface area (Å²) in [6.45, 7) is 6.01. The van der Waals surface area contributed by atoms with E-state index >= 15 is 0 Å². The minimum absolute atomic E-state index is 0.354. The number of carbonyl (C=O) groups is 1. The van der Waals surface area contributed by atoms with Crippen LogP contribution in [0.2, 0.25) is 0 Å². The summed E-state index contributed by atoms with van der Waals surface area (Å²) in [5.41, 5.74) is 7.88. The Labute approximate surface area is 127 Å². The molecule has 2 N–H and O–H groups in total. The van der Waals surface area contributed by atoms with Crippen LogP contribution in [0.25, 0.3) is 11.3 Å². The van der Waals surface area contributed by atoms with E-state index in [1.165, 1.54) is 11.3 Å². The summed E-state index contributed by atoms with van der Waals surface area (Å²) < 4.78 is 5.50. The normalized spacial score (nSPS) is 13.6. The average molecular weight is 303 g/mol. The molecule has 0 bridgehead atoms. The number of thiazole rings is 1. The molecule has 0 atom stereocenters. The zero-order chi connectivity index (χ0) is 15.2. The van der Waals surface area contributed by atoms with Crippen molar-refractivity contribution in [2.24, 2.45) is 0 Å². The monoisotopic (exact) mass is 303 g/mol. The highest BCUT2D eigenvalue weighted by Crippen LogP contribution is 2.42. The highest BCUT2D eigenvalue weighted by molar-refractivity contribution is 7.15. The second-order valence-corrected chi connectivity index (χ2v) is 7.02. The molecule has 0 unspecified atom stereocenters. The van der Waals surface area contributed by atoms with E-state index in [9.17, 15) is 4.79 Å². The van der Waals surface area contributed by atoms with Gasteiger partial charge in [0, 0.05) is 5.56 Å². The van der Waals surface area contributed by atoms with Crippen LogP contribution in [0.3, 0.4) is 0 Å². The van der Waals surface area contributed by atoms with Crippen molar-refractivity contribution in [1.29, 1.82) is 0 Å². The van der Waals surface area contributed by atoms with Gasteiger partial charge in [-0.25, -0.2) is 9.78 Å². The summed E-state index contributed by atoms with van der Waals surface area (Å²) in [4.78, 5) is 19.5. The van der Waals surface area contributed by atoms with Crippen LogP contribution >= 0.6 is 11.3 Å². The molecule has 0 fully saturated rings. The van der Waals surface area contributed by atoms with E-state index in [-0.39, 0.29) is 6.09 Å². The number of hydrogen-bond donors (Lipinski definition) is 1. The fourth-order valence-electron chi connectivity index (χ4n) is 2.31. The zero-order valence-electron chi connectivity index (χ0n) is 12.2. The maximum Gasteiger partial charge on any atom is 0.415 e. The van der Waals surface area contributed by atoms with Gasteiger partial charge in [0.25, 0.3) is 0 Å². The topological polar surface area (TPSA) is 68.5 Å². The van der Waals surface area contributed by atoms with E-state index in [0.29, 0.717) is 11.7 Å². The van der Waals surface area contributed by atoms with Crippen LogP contribution in [0.4, 0.5) is 15.6 Å². The Kier molecular flexibility index (Phi) is 3.13. The number of carbonyl (C=O) groups excluding carboxylic acids is 1. The van der Waals surface area contributed by atoms with Gasteiger partial charge in [-0.2, -0.15) is 0 Å². The Hall–Kier alpha value is -2.08. The maximum absolute atomic E-state index is 12.4. The van der Waals surface area contributed by atoms with Gasteiger partial charge in [-0.3, -0.25) is 4.90 Å². The van der Waals surface area contributed by atoms with Crippen LogP contribution in [0.5, 0.6) is 0 Å². The van der Waals surface area contributed by atoms with Gasteiger partial charge in [0.15, 0.2) is 5.13 Å². The van der Waals surface area contributed by atoms with Crippen molar-refractivity contribution in [3.05, 3.63) is 29.1 Å². The number of amides is 1. The molecule has 3 rings (SSSR count). The highest BCUT2D eigenvalue weighted by Gasteiger charge is 2.31. The molecule has 1 aliphatic heterocycles. The third-order valence-corrected chi connectivity index (χ3v) is 3.95. The van der Waals surface area contributed by atoms with E-state index in [1.807, 2.05) is 45.0 Å². The van der Waals surface area contributed by atoms with Crippen LogP contribution < -0.4 is 10.6 Å². The first-order valence-electron chi connectivity index (χ1n) is 6.70. The first-order valence-corrected chi connectivity index (χ1v) is 7.52. The number of hydrogen-bond acceptors (Lipinski definition) is 5. The first kappa shape index (κ1) is 13.9. The number of aromatic nitrogens is 1. The third kappa shape index (κ3) is 2.58. The molecule has 21 heavy (non-hydrogen) atoms. The quantitative estimate of drug-likeness (QED) is 0.806. The van der Waals surface area contributed by atoms with Crippen molar-refractivity contribution in [3.63, 3.8) is 0 Å². The van der Waals surface area contributed by atoms with Crippen LogP contribution in [-0.4, -0.2) is 16.7 Å². The largest absolute Gasteiger partial charge is 0.443 e. The lowest BCUT2D eigenvalue weighted by Gasteiger charge is -2.31. The number of benzene rings is 1. The molecule has 1 aliphatic rings. The first-order chi connectivity index (χ1) is 9.85. The lowest BCUT2D eigenvalue weighted by atomic mass is 10.0. The molecule has 0 aliphatic carbocycles. The van der Waals surface area contributed by atoms with Crippen LogP contribution in [0, 0.1) is 0 Å². The summed E-state index contributed by atoms with van der Waals surface area (Å²) >= 11 is 1.41. The Balaban J connectivity index is 2.04. The van der Waals surface area contributed by atoms with Crippen LogP contribution in [0.15, 0.2) is 24.3 Å². The molecule has 1 amide bonds. The van der Waals surface area contributed by atoms with Crippen LogP contribution in [0.1, 0.15) is 25.6 Å². The van der Waals surface area contributed by atoms with E-state index in [1.54, 1.807) is 4.90 Å². The summed E-state index contributed by atoms with van der Waals surface area (Å²) in [5.74, 6) is 0. The lowest BCUT2D eigenvalue weighted by molar-refractivity contribution is 0.0577. The lowest BCUT2D eigenvalue weighted by Crippen LogP contribution is -2.37. The number of anilines is 2. The van der Waals surface area contributed by atoms with Crippen molar-refractivity contribution >= 4 is 28.2 Å². The number of ether oxygens (including phenoxy) is 1. The fourth-order valence-corrected chi connectivity index (χ4v) is 3.14. The van der Waals surface area contributed by atoms with Crippen molar-refractivity contribution in [2.45, 2.75) is 32.9 Å². The van der Waals surface area contributed by atoms with Crippen molar-refractivity contribution < 1.29 is 9.53 Å². The van der Waals surface area contributed by atoms with Gasteiger partial charge < -0.3 is 10.5 Å². The summed E-state index contributed by atoms with van der Waals surface area (Å²) in [7, 11) is 0. The Morgan fingerprint density at radius 1 is 1.38 bits per heavy atom. The molecule has 5 nitrogen and oxygen atoms in total. The number of rotatable bonds is 0. The van der Waals surface area contributed by atoms with Gasteiger partial charge in [0.05, 0.1) is 22.8 Å². The number of fused-ring (bicyclic) bond motifs is 3. The van der Waals surface area contributed by atoms with E-state index in [4.69, 9.17) is 10.5 Å². The van der Waals surface area contributed by atoms with Gasteiger partial charge in [-0.05, 0) is 26.8 Å². The summed E-state index contributed by atoms with van der Waals surface area (Å²) in [5, 5.41) is 0.515. The molecule has 2 aromatic rings. The van der Waals surface area contributed by atoms with Crippen molar-refractivity contribution in [3.8, 4) is 11.3 Å². The highest BCUT2D eigenvalue weighted by atomic mass is 32.1. The van der Waals surface area contributed by atoms with Gasteiger partial charge in [-0.1, -0.05) is 29.5 Å². The number of para-hydroxylation sites is 1. The molecule has 0 spiro atoms. The second kappa shape index (κ2) is 4.73. The average Bonchev–Trinajstić information content (AvgIpc) is 2.76. The molecule has 2 heterocycles. The molecular weight excluding hydrogens is 286 g/mol. The van der Waals surface area contributed by atoms with Crippen molar-refractivity contribution in [2.75, 3.05) is 10.6 Å². The molecule has 0 radical (unpaired) electrons. The van der Waals surface area contributed by atoms with E-state index < -0.39 is 5.60 Å². The smallest absolute Gasteiger partial charge is 0.415 e. The zero-order valence-corrected chi connectivity index (χ0v) is 13.0. The summed E-state index contributed by atoms with van der Waals surface area (Å²) in [6, 6.07) is 7.68. The molecule has 110 valence electrons. The SMILES string of the molecule is CC(C)(C)OC(=O)N1Cc2sc(N)nc2-c2ccccc21. The number of nitrogen functional groups attached to an aromatic ring is 1. The van der Waals surface area contributed by atoms with Gasteiger partial charge in [0.2, 0.25) is 0 Å². The standard InChI is InChI=1S/C15H17N3O2S/c1-15(2,3)20-14(19)18-8-11-12(17-13(16)21-11)9-6-4-5-7-10(9)18/h4-7H,8H2,1-3H3,(H2,16,17). The molecule has 1 aromatic carbocycles. The fraction of sp³-hybridized carbons (Fsp3) is 0.333. The predicted molar refractivity (Wildman–Crippen MR) is 84.4 cm³/mol. The van der Waals surface area contributed by atoms with E-state index in [0.717, 1.165) is 21.8 Å². The Bertz CT molecular complexity index is 703. The minimum Gasteiger partial charge on any atom is -0.443 e. The predicted octanol–water partition coefficient (Wildman–Crippen LogP) is 3.65. The third-order valence-electron chi connectivity index (χ3n) is 3.08. The second-order valence-electron chi connectivity index (χ2n) is 5.91. The van der Waals surface area contributed by atoms with Crippen molar-refractivity contribution in [1.82, 2.24) is 4.98 Å². The molecule has 1 aromatic heterocycles. The number of nitrogens with zero attached hydrogens (tertiary/aromatic N) is 2. The minimum atomic E-state index is -0.529. The maximum atomic E-state index is 12.4. The number of nitrogens with two attached hydrogens (primary N) is 1. The van der Waals surface area contributed by atoms with Crippen LogP contribution in [-0.2, 0) is 11.3 Å². The Morgan fingerprint density at radius 3 is 2.81 bits per heavy atom. The van der Waals surface area contributed by atoms with Gasteiger partial charge in [-0.15, -0.1) is 0 Å².